The van der Waals surface area contributed by atoms with E-state index in [4.69, 9.17) is 0 Å². The van der Waals surface area contributed by atoms with Crippen molar-refractivity contribution in [3.63, 3.8) is 0 Å². The number of carboxylic acid groups (broad SMARTS) is 1. The molecule has 3 rings (SSSR count). The van der Waals surface area contributed by atoms with Crippen LogP contribution in [-0.4, -0.2) is 46.7 Å². The fraction of sp³-hybridized carbons (Fsp3) is 0.409. The Balaban J connectivity index is 2.00. The second-order valence-corrected chi connectivity index (χ2v) is 8.19. The van der Waals surface area contributed by atoms with Crippen molar-refractivity contribution in [1.29, 1.82) is 0 Å². The summed E-state index contributed by atoms with van der Waals surface area (Å²) in [6.45, 7) is 7.32. The Labute approximate surface area is 156 Å². The maximum atomic E-state index is 11.5. The monoisotopic (exact) mass is 352 g/mol. The van der Waals surface area contributed by atoms with Gasteiger partial charge in [0.1, 0.15) is 0 Å². The van der Waals surface area contributed by atoms with Gasteiger partial charge in [0, 0.05) is 19.6 Å². The van der Waals surface area contributed by atoms with Gasteiger partial charge in [0.2, 0.25) is 0 Å². The Morgan fingerprint density at radius 2 is 1.50 bits per heavy atom. The molecule has 1 amide bonds. The van der Waals surface area contributed by atoms with E-state index in [0.29, 0.717) is 0 Å². The molecular formula is C22H28N2O2. The molecule has 0 aromatic heterocycles. The second-order valence-electron chi connectivity index (χ2n) is 8.19. The molecule has 26 heavy (non-hydrogen) atoms. The van der Waals surface area contributed by atoms with E-state index in [-0.39, 0.29) is 23.5 Å². The Morgan fingerprint density at radius 1 is 1.04 bits per heavy atom. The van der Waals surface area contributed by atoms with Crippen molar-refractivity contribution in [2.75, 3.05) is 13.6 Å². The number of likely N-dealkylation sites (tertiary alicyclic amines) is 1. The second kappa shape index (κ2) is 7.12. The van der Waals surface area contributed by atoms with Crippen LogP contribution in [0, 0.1) is 5.41 Å². The number of carbonyl (C=O) groups is 1. The lowest BCUT2D eigenvalue weighted by Gasteiger charge is -2.59. The Hall–Kier alpha value is -2.33. The zero-order valence-corrected chi connectivity index (χ0v) is 16.0. The van der Waals surface area contributed by atoms with Gasteiger partial charge in [0.25, 0.3) is 0 Å². The third-order valence-corrected chi connectivity index (χ3v) is 5.37. The topological polar surface area (TPSA) is 43.8 Å². The maximum Gasteiger partial charge on any atom is 0.407 e. The van der Waals surface area contributed by atoms with Crippen molar-refractivity contribution in [3.8, 4) is 0 Å². The molecule has 1 fully saturated rings. The fourth-order valence-electron chi connectivity index (χ4n) is 4.18. The molecule has 2 atom stereocenters. The van der Waals surface area contributed by atoms with Crippen molar-refractivity contribution >= 4 is 6.09 Å². The van der Waals surface area contributed by atoms with Gasteiger partial charge < -0.3 is 10.0 Å². The molecule has 4 heteroatoms. The molecule has 0 bridgehead atoms. The number of amides is 1. The first-order chi connectivity index (χ1) is 12.3. The predicted molar refractivity (Wildman–Crippen MR) is 104 cm³/mol. The highest BCUT2D eigenvalue weighted by Crippen LogP contribution is 2.44. The zero-order chi connectivity index (χ0) is 18.9. The van der Waals surface area contributed by atoms with E-state index in [1.807, 2.05) is 12.1 Å². The first-order valence-electron chi connectivity index (χ1n) is 9.12. The normalized spacial score (nSPS) is 20.7. The molecule has 1 aliphatic rings. The van der Waals surface area contributed by atoms with Crippen LogP contribution in [0.1, 0.15) is 37.9 Å². The molecule has 4 nitrogen and oxygen atoms in total. The summed E-state index contributed by atoms with van der Waals surface area (Å²) in [4.78, 5) is 15.5. The lowest BCUT2D eigenvalue weighted by Crippen LogP contribution is -2.71. The molecular weight excluding hydrogens is 324 g/mol. The predicted octanol–water partition coefficient (Wildman–Crippen LogP) is 4.48. The van der Waals surface area contributed by atoms with Crippen LogP contribution in [0.5, 0.6) is 0 Å². The van der Waals surface area contributed by atoms with E-state index in [9.17, 15) is 9.90 Å². The van der Waals surface area contributed by atoms with Gasteiger partial charge in [-0.25, -0.2) is 4.79 Å². The molecule has 138 valence electrons. The van der Waals surface area contributed by atoms with Gasteiger partial charge in [-0.05, 0) is 16.5 Å². The maximum absolute atomic E-state index is 11.5. The van der Waals surface area contributed by atoms with Crippen molar-refractivity contribution < 1.29 is 9.90 Å². The van der Waals surface area contributed by atoms with E-state index in [1.165, 1.54) is 16.0 Å². The van der Waals surface area contributed by atoms with Gasteiger partial charge in [-0.1, -0.05) is 81.4 Å². The van der Waals surface area contributed by atoms with Crippen LogP contribution in [0.2, 0.25) is 0 Å². The van der Waals surface area contributed by atoms with E-state index < -0.39 is 6.09 Å². The van der Waals surface area contributed by atoms with Crippen LogP contribution in [0.25, 0.3) is 0 Å². The molecule has 0 saturated carbocycles. The van der Waals surface area contributed by atoms with Gasteiger partial charge in [-0.2, -0.15) is 0 Å². The molecule has 0 spiro atoms. The van der Waals surface area contributed by atoms with Gasteiger partial charge >= 0.3 is 6.09 Å². The van der Waals surface area contributed by atoms with Crippen LogP contribution in [-0.2, 0) is 0 Å². The molecule has 1 saturated heterocycles. The smallest absolute Gasteiger partial charge is 0.407 e. The number of rotatable bonds is 4. The summed E-state index contributed by atoms with van der Waals surface area (Å²) >= 11 is 0. The molecule has 0 aliphatic carbocycles. The average molecular weight is 352 g/mol. The minimum absolute atomic E-state index is 0.00224. The highest BCUT2D eigenvalue weighted by Gasteiger charge is 2.51. The molecule has 0 radical (unpaired) electrons. The number of likely N-dealkylation sites (N-methyl/N-ethyl adjacent to an activating group) is 1. The van der Waals surface area contributed by atoms with Gasteiger partial charge in [-0.3, -0.25) is 4.90 Å². The third-order valence-electron chi connectivity index (χ3n) is 5.37. The zero-order valence-electron chi connectivity index (χ0n) is 16.0. The molecule has 1 N–H and O–H groups in total. The Bertz CT molecular complexity index is 700. The Morgan fingerprint density at radius 3 is 1.88 bits per heavy atom. The standard InChI is InChI=1S/C22H28N2O2/c1-22(2,3)20-18(23(4)21(25)26)15-24(20)19(16-11-7-5-8-12-16)17-13-9-6-10-14-17/h5-14,18-20H,15H2,1-4H3,(H,25,26)/t18-,20-/m0/s1. The lowest BCUT2D eigenvalue weighted by molar-refractivity contribution is -0.0815. The highest BCUT2D eigenvalue weighted by molar-refractivity contribution is 5.65. The molecule has 2 aromatic carbocycles. The quantitative estimate of drug-likeness (QED) is 0.882. The minimum Gasteiger partial charge on any atom is -0.465 e. The van der Waals surface area contributed by atoms with E-state index in [2.05, 4.69) is 74.2 Å². The van der Waals surface area contributed by atoms with Crippen LogP contribution in [0.3, 0.4) is 0 Å². The molecule has 1 aliphatic heterocycles. The van der Waals surface area contributed by atoms with E-state index >= 15 is 0 Å². The van der Waals surface area contributed by atoms with Gasteiger partial charge in [0.15, 0.2) is 0 Å². The van der Waals surface area contributed by atoms with Crippen molar-refractivity contribution in [1.82, 2.24) is 9.80 Å². The average Bonchev–Trinajstić information content (AvgIpc) is 2.57. The van der Waals surface area contributed by atoms with Crippen LogP contribution < -0.4 is 0 Å². The fourth-order valence-corrected chi connectivity index (χ4v) is 4.18. The van der Waals surface area contributed by atoms with Gasteiger partial charge in [-0.15, -0.1) is 0 Å². The van der Waals surface area contributed by atoms with E-state index in [0.717, 1.165) is 6.54 Å². The summed E-state index contributed by atoms with van der Waals surface area (Å²) in [7, 11) is 1.68. The lowest BCUT2D eigenvalue weighted by atomic mass is 9.73. The first kappa shape index (κ1) is 18.5. The number of nitrogens with zero attached hydrogens (tertiary/aromatic N) is 2. The summed E-state index contributed by atoms with van der Waals surface area (Å²) in [6, 6.07) is 21.2. The number of benzene rings is 2. The van der Waals surface area contributed by atoms with Crippen molar-refractivity contribution in [3.05, 3.63) is 71.8 Å². The van der Waals surface area contributed by atoms with Crippen molar-refractivity contribution in [2.45, 2.75) is 38.9 Å². The summed E-state index contributed by atoms with van der Waals surface area (Å²) in [5.41, 5.74) is 2.45. The number of hydrogen-bond donors (Lipinski definition) is 1. The minimum atomic E-state index is -0.861. The van der Waals surface area contributed by atoms with E-state index in [1.54, 1.807) is 7.05 Å². The highest BCUT2D eigenvalue weighted by atomic mass is 16.4. The first-order valence-corrected chi connectivity index (χ1v) is 9.12. The Kier molecular flexibility index (Phi) is 5.05. The van der Waals surface area contributed by atoms with Crippen LogP contribution >= 0.6 is 0 Å². The molecule has 2 aromatic rings. The van der Waals surface area contributed by atoms with Crippen molar-refractivity contribution in [2.24, 2.45) is 5.41 Å². The third kappa shape index (κ3) is 3.47. The largest absolute Gasteiger partial charge is 0.465 e. The number of hydrogen-bond acceptors (Lipinski definition) is 2. The summed E-state index contributed by atoms with van der Waals surface area (Å²) < 4.78 is 0. The van der Waals surface area contributed by atoms with Crippen LogP contribution in [0.4, 0.5) is 4.79 Å². The summed E-state index contributed by atoms with van der Waals surface area (Å²) in [6.07, 6.45) is -0.861. The van der Waals surface area contributed by atoms with Gasteiger partial charge in [0.05, 0.1) is 12.1 Å². The summed E-state index contributed by atoms with van der Waals surface area (Å²) in [5.74, 6) is 0. The summed E-state index contributed by atoms with van der Waals surface area (Å²) in [5, 5.41) is 9.47. The van der Waals surface area contributed by atoms with Crippen LogP contribution in [0.15, 0.2) is 60.7 Å². The molecule has 0 unspecified atom stereocenters. The SMILES string of the molecule is CN(C(=O)O)[C@H]1CN(C(c2ccccc2)c2ccccc2)[C@@H]1C(C)(C)C. The molecule has 1 heterocycles.